The van der Waals surface area contributed by atoms with Gasteiger partial charge in [0, 0.05) is 36.2 Å². The fourth-order valence-corrected chi connectivity index (χ4v) is 3.16. The molecule has 0 bridgehead atoms. The van der Waals surface area contributed by atoms with Gasteiger partial charge in [-0.15, -0.1) is 0 Å². The van der Waals surface area contributed by atoms with Gasteiger partial charge >= 0.3 is 0 Å². The zero-order chi connectivity index (χ0) is 22.2. The Balaban J connectivity index is 1.61. The molecule has 0 spiro atoms. The molecule has 162 valence electrons. The zero-order valence-corrected chi connectivity index (χ0v) is 18.1. The number of benzene rings is 2. The van der Waals surface area contributed by atoms with Crippen LogP contribution in [0.4, 0.5) is 0 Å². The van der Waals surface area contributed by atoms with Crippen LogP contribution in [0, 0.1) is 0 Å². The van der Waals surface area contributed by atoms with Crippen molar-refractivity contribution in [3.63, 3.8) is 0 Å². The summed E-state index contributed by atoms with van der Waals surface area (Å²) in [6.45, 7) is 2.62. The number of aryl methyl sites for hydroxylation is 2. The van der Waals surface area contributed by atoms with Gasteiger partial charge in [0.2, 0.25) is 5.91 Å². The number of hydrogen-bond donors (Lipinski definition) is 1. The Kier molecular flexibility index (Phi) is 7.43. The lowest BCUT2D eigenvalue weighted by Gasteiger charge is -2.12. The number of carbonyl (C=O) groups excluding carboxylic acids is 1. The van der Waals surface area contributed by atoms with Crippen molar-refractivity contribution in [1.29, 1.82) is 0 Å². The average Bonchev–Trinajstić information content (AvgIpc) is 2.82. The van der Waals surface area contributed by atoms with Gasteiger partial charge in [-0.05, 0) is 30.2 Å². The third-order valence-electron chi connectivity index (χ3n) is 5.05. The predicted molar refractivity (Wildman–Crippen MR) is 119 cm³/mol. The van der Waals surface area contributed by atoms with Crippen molar-refractivity contribution in [3.05, 3.63) is 76.1 Å². The predicted octanol–water partition coefficient (Wildman–Crippen LogP) is 3.20. The molecule has 1 aromatic heterocycles. The number of carbonyl (C=O) groups is 1. The first kappa shape index (κ1) is 22.1. The number of hydrogen-bond acceptors (Lipinski definition) is 5. The maximum Gasteiger partial charge on any atom is 0.266 e. The highest BCUT2D eigenvalue weighted by Crippen LogP contribution is 2.24. The smallest absolute Gasteiger partial charge is 0.266 e. The zero-order valence-electron chi connectivity index (χ0n) is 18.1. The Morgan fingerprint density at radius 3 is 2.48 bits per heavy atom. The van der Waals surface area contributed by atoms with Gasteiger partial charge in [-0.25, -0.2) is 4.68 Å². The van der Waals surface area contributed by atoms with Crippen molar-refractivity contribution in [2.75, 3.05) is 14.2 Å². The number of nitrogens with zero attached hydrogens (tertiary/aromatic N) is 2. The van der Waals surface area contributed by atoms with Crippen LogP contribution in [0.3, 0.4) is 0 Å². The number of methoxy groups -OCH3 is 2. The molecule has 0 aliphatic carbocycles. The SMILES string of the molecule is CCc1ccc(-c2ccc(=O)n(CCC(=O)NCc3ccc(OC)cc3OC)n2)cc1. The minimum Gasteiger partial charge on any atom is -0.497 e. The molecule has 0 saturated carbocycles. The Bertz CT molecular complexity index is 1090. The van der Waals surface area contributed by atoms with Crippen LogP contribution in [0.15, 0.2) is 59.4 Å². The van der Waals surface area contributed by atoms with Crippen molar-refractivity contribution < 1.29 is 14.3 Å². The van der Waals surface area contributed by atoms with E-state index in [-0.39, 0.29) is 24.4 Å². The minimum absolute atomic E-state index is 0.142. The van der Waals surface area contributed by atoms with Crippen molar-refractivity contribution in [2.45, 2.75) is 32.9 Å². The quantitative estimate of drug-likeness (QED) is 0.574. The third-order valence-corrected chi connectivity index (χ3v) is 5.05. The van der Waals surface area contributed by atoms with Crippen molar-refractivity contribution >= 4 is 5.91 Å². The summed E-state index contributed by atoms with van der Waals surface area (Å²) in [4.78, 5) is 24.5. The largest absolute Gasteiger partial charge is 0.497 e. The van der Waals surface area contributed by atoms with Crippen LogP contribution in [0.25, 0.3) is 11.3 Å². The number of rotatable bonds is 9. The van der Waals surface area contributed by atoms with E-state index in [1.165, 1.54) is 16.3 Å². The van der Waals surface area contributed by atoms with E-state index in [2.05, 4.69) is 17.3 Å². The fraction of sp³-hybridized carbons (Fsp3) is 0.292. The van der Waals surface area contributed by atoms with Crippen LogP contribution >= 0.6 is 0 Å². The highest BCUT2D eigenvalue weighted by Gasteiger charge is 2.09. The Morgan fingerprint density at radius 2 is 1.81 bits per heavy atom. The summed E-state index contributed by atoms with van der Waals surface area (Å²) in [6.07, 6.45) is 1.11. The second kappa shape index (κ2) is 10.4. The van der Waals surface area contributed by atoms with Crippen LogP contribution in [0.2, 0.25) is 0 Å². The topological polar surface area (TPSA) is 82.5 Å². The van der Waals surface area contributed by atoms with E-state index in [0.717, 1.165) is 17.5 Å². The number of nitrogens with one attached hydrogen (secondary N) is 1. The molecular weight excluding hydrogens is 394 g/mol. The number of aromatic nitrogens is 2. The summed E-state index contributed by atoms with van der Waals surface area (Å²) in [5.74, 6) is 1.14. The van der Waals surface area contributed by atoms with E-state index in [1.807, 2.05) is 36.4 Å². The van der Waals surface area contributed by atoms with Gasteiger partial charge in [-0.1, -0.05) is 31.2 Å². The van der Waals surface area contributed by atoms with Gasteiger partial charge in [0.15, 0.2) is 0 Å². The van der Waals surface area contributed by atoms with Gasteiger partial charge < -0.3 is 14.8 Å². The standard InChI is InChI=1S/C24H27N3O4/c1-4-17-5-7-18(8-6-17)21-11-12-24(29)27(26-21)14-13-23(28)25-16-19-9-10-20(30-2)15-22(19)31-3/h5-12,15H,4,13-14,16H2,1-3H3,(H,25,28). The lowest BCUT2D eigenvalue weighted by Crippen LogP contribution is -2.28. The lowest BCUT2D eigenvalue weighted by molar-refractivity contribution is -0.121. The number of ether oxygens (including phenoxy) is 2. The van der Waals surface area contributed by atoms with Crippen molar-refractivity contribution in [1.82, 2.24) is 15.1 Å². The molecule has 3 rings (SSSR count). The maximum atomic E-state index is 12.3. The van der Waals surface area contributed by atoms with E-state index in [1.54, 1.807) is 26.4 Å². The monoisotopic (exact) mass is 421 g/mol. The molecule has 7 nitrogen and oxygen atoms in total. The Hall–Kier alpha value is -3.61. The molecule has 0 fully saturated rings. The molecule has 0 aliphatic heterocycles. The van der Waals surface area contributed by atoms with Crippen LogP contribution in [-0.4, -0.2) is 29.9 Å². The van der Waals surface area contributed by atoms with E-state index in [9.17, 15) is 9.59 Å². The Labute approximate surface area is 181 Å². The third kappa shape index (κ3) is 5.72. The summed E-state index contributed by atoms with van der Waals surface area (Å²) in [5, 5.41) is 7.28. The van der Waals surface area contributed by atoms with Gasteiger partial charge in [-0.2, -0.15) is 5.10 Å². The molecule has 7 heteroatoms. The van der Waals surface area contributed by atoms with Crippen LogP contribution in [-0.2, 0) is 24.3 Å². The lowest BCUT2D eigenvalue weighted by atomic mass is 10.1. The molecule has 2 aromatic carbocycles. The van der Waals surface area contributed by atoms with Gasteiger partial charge in [0.05, 0.1) is 26.5 Å². The minimum atomic E-state index is -0.237. The van der Waals surface area contributed by atoms with Gasteiger partial charge in [0.1, 0.15) is 11.5 Å². The van der Waals surface area contributed by atoms with Gasteiger partial charge in [0.25, 0.3) is 5.56 Å². The Morgan fingerprint density at radius 1 is 1.03 bits per heavy atom. The molecule has 31 heavy (non-hydrogen) atoms. The van der Waals surface area contributed by atoms with Crippen LogP contribution < -0.4 is 20.3 Å². The molecule has 0 atom stereocenters. The fourth-order valence-electron chi connectivity index (χ4n) is 3.16. The maximum absolute atomic E-state index is 12.3. The van der Waals surface area contributed by atoms with Gasteiger partial charge in [-0.3, -0.25) is 9.59 Å². The number of amides is 1. The highest BCUT2D eigenvalue weighted by molar-refractivity contribution is 5.75. The molecule has 1 heterocycles. The molecule has 0 saturated heterocycles. The van der Waals surface area contributed by atoms with Crippen molar-refractivity contribution in [3.8, 4) is 22.8 Å². The first-order valence-electron chi connectivity index (χ1n) is 10.2. The molecular formula is C24H27N3O4. The molecule has 0 unspecified atom stereocenters. The molecule has 1 amide bonds. The summed E-state index contributed by atoms with van der Waals surface area (Å²) in [6, 6.07) is 16.7. The van der Waals surface area contributed by atoms with E-state index in [4.69, 9.17) is 9.47 Å². The second-order valence-corrected chi connectivity index (χ2v) is 7.03. The van der Waals surface area contributed by atoms with Crippen LogP contribution in [0.5, 0.6) is 11.5 Å². The molecule has 1 N–H and O–H groups in total. The molecule has 3 aromatic rings. The average molecular weight is 421 g/mol. The highest BCUT2D eigenvalue weighted by atomic mass is 16.5. The van der Waals surface area contributed by atoms with E-state index < -0.39 is 0 Å². The first-order chi connectivity index (χ1) is 15.0. The summed E-state index contributed by atoms with van der Waals surface area (Å²) in [5.41, 5.74) is 3.47. The summed E-state index contributed by atoms with van der Waals surface area (Å²) in [7, 11) is 3.16. The van der Waals surface area contributed by atoms with E-state index in [0.29, 0.717) is 23.7 Å². The molecule has 0 radical (unpaired) electrons. The van der Waals surface area contributed by atoms with Crippen LogP contribution in [0.1, 0.15) is 24.5 Å². The first-order valence-corrected chi connectivity index (χ1v) is 10.2. The summed E-state index contributed by atoms with van der Waals surface area (Å²) < 4.78 is 11.9. The summed E-state index contributed by atoms with van der Waals surface area (Å²) >= 11 is 0. The molecule has 0 aliphatic rings. The van der Waals surface area contributed by atoms with Crippen molar-refractivity contribution in [2.24, 2.45) is 0 Å². The normalized spacial score (nSPS) is 10.5. The van der Waals surface area contributed by atoms with E-state index >= 15 is 0 Å². The second-order valence-electron chi connectivity index (χ2n) is 7.03.